The second-order valence-electron chi connectivity index (χ2n) is 5.37. The minimum absolute atomic E-state index is 0.202. The van der Waals surface area contributed by atoms with Gasteiger partial charge in [-0.1, -0.05) is 6.92 Å². The van der Waals surface area contributed by atoms with E-state index in [0.717, 1.165) is 32.2 Å². The van der Waals surface area contributed by atoms with Gasteiger partial charge in [0.2, 0.25) is 5.91 Å². The van der Waals surface area contributed by atoms with E-state index in [4.69, 9.17) is 5.73 Å². The summed E-state index contributed by atoms with van der Waals surface area (Å²) in [4.78, 5) is 14.3. The lowest BCUT2D eigenvalue weighted by Gasteiger charge is -2.45. The second kappa shape index (κ2) is 3.78. The van der Waals surface area contributed by atoms with Crippen LogP contribution in [0.1, 0.15) is 46.0 Å². The molecule has 2 N–H and O–H groups in total. The molecule has 0 aromatic rings. The van der Waals surface area contributed by atoms with Gasteiger partial charge < -0.3 is 10.6 Å². The largest absolute Gasteiger partial charge is 0.338 e. The highest BCUT2D eigenvalue weighted by Crippen LogP contribution is 2.33. The molecule has 2 unspecified atom stereocenters. The van der Waals surface area contributed by atoms with E-state index in [-0.39, 0.29) is 5.91 Å². The van der Waals surface area contributed by atoms with Crippen LogP contribution in [0, 0.1) is 5.92 Å². The van der Waals surface area contributed by atoms with Crippen molar-refractivity contribution in [3.05, 3.63) is 0 Å². The first-order valence-electron chi connectivity index (χ1n) is 6.14. The summed E-state index contributed by atoms with van der Waals surface area (Å²) in [6.45, 7) is 5.29. The molecule has 0 aromatic carbocycles. The molecule has 86 valence electrons. The lowest BCUT2D eigenvalue weighted by atomic mass is 9.75. The van der Waals surface area contributed by atoms with Crippen LogP contribution in [0.2, 0.25) is 0 Å². The van der Waals surface area contributed by atoms with Crippen molar-refractivity contribution in [2.45, 2.75) is 57.5 Å². The topological polar surface area (TPSA) is 46.3 Å². The predicted octanol–water partition coefficient (Wildman–Crippen LogP) is 1.51. The lowest BCUT2D eigenvalue weighted by Crippen LogP contribution is -2.62. The molecule has 0 aromatic heterocycles. The molecule has 1 heterocycles. The molecule has 1 aliphatic heterocycles. The number of hydrogen-bond donors (Lipinski definition) is 1. The Morgan fingerprint density at radius 3 is 2.53 bits per heavy atom. The Balaban J connectivity index is 2.05. The van der Waals surface area contributed by atoms with Gasteiger partial charge in [-0.3, -0.25) is 4.79 Å². The molecule has 0 bridgehead atoms. The third-order valence-electron chi connectivity index (χ3n) is 4.31. The van der Waals surface area contributed by atoms with E-state index in [1.54, 1.807) is 0 Å². The zero-order valence-electron chi connectivity index (χ0n) is 9.83. The Bertz CT molecular complexity index is 260. The van der Waals surface area contributed by atoms with Crippen molar-refractivity contribution in [3.63, 3.8) is 0 Å². The molecule has 15 heavy (non-hydrogen) atoms. The van der Waals surface area contributed by atoms with Crippen molar-refractivity contribution in [1.29, 1.82) is 0 Å². The highest BCUT2D eigenvalue weighted by molar-refractivity contribution is 5.87. The van der Waals surface area contributed by atoms with Gasteiger partial charge in [-0.25, -0.2) is 0 Å². The average molecular weight is 210 g/mol. The Morgan fingerprint density at radius 2 is 2.00 bits per heavy atom. The Morgan fingerprint density at radius 1 is 1.33 bits per heavy atom. The number of piperidine rings is 1. The maximum atomic E-state index is 12.3. The van der Waals surface area contributed by atoms with Gasteiger partial charge in [0.25, 0.3) is 0 Å². The highest BCUT2D eigenvalue weighted by atomic mass is 16.2. The molecule has 1 saturated heterocycles. The number of nitrogens with zero attached hydrogens (tertiary/aromatic N) is 1. The molecule has 1 saturated carbocycles. The van der Waals surface area contributed by atoms with Crippen LogP contribution in [0.5, 0.6) is 0 Å². The maximum Gasteiger partial charge on any atom is 0.242 e. The van der Waals surface area contributed by atoms with E-state index in [1.165, 1.54) is 6.42 Å². The van der Waals surface area contributed by atoms with Gasteiger partial charge in [-0.2, -0.15) is 0 Å². The number of likely N-dealkylation sites (tertiary alicyclic amines) is 1. The SMILES string of the molecule is CC1CCCN(C(=O)C2(N)CCC2)C1C. The molecule has 2 fully saturated rings. The van der Waals surface area contributed by atoms with E-state index in [9.17, 15) is 4.79 Å². The molecule has 1 amide bonds. The normalized spacial score (nSPS) is 34.7. The smallest absolute Gasteiger partial charge is 0.242 e. The summed E-state index contributed by atoms with van der Waals surface area (Å²) in [5, 5.41) is 0. The van der Waals surface area contributed by atoms with E-state index >= 15 is 0 Å². The van der Waals surface area contributed by atoms with Crippen molar-refractivity contribution in [3.8, 4) is 0 Å². The van der Waals surface area contributed by atoms with Gasteiger partial charge in [-0.15, -0.1) is 0 Å². The van der Waals surface area contributed by atoms with E-state index in [1.807, 2.05) is 4.90 Å². The average Bonchev–Trinajstić information content (AvgIpc) is 2.18. The fraction of sp³-hybridized carbons (Fsp3) is 0.917. The van der Waals surface area contributed by atoms with E-state index in [2.05, 4.69) is 13.8 Å². The molecule has 0 spiro atoms. The van der Waals surface area contributed by atoms with Gasteiger partial charge in [0.1, 0.15) is 0 Å². The number of carbonyl (C=O) groups excluding carboxylic acids is 1. The van der Waals surface area contributed by atoms with Gasteiger partial charge in [0.15, 0.2) is 0 Å². The van der Waals surface area contributed by atoms with Crippen LogP contribution < -0.4 is 5.73 Å². The van der Waals surface area contributed by atoms with Gasteiger partial charge in [0.05, 0.1) is 5.54 Å². The summed E-state index contributed by atoms with van der Waals surface area (Å²) < 4.78 is 0. The molecule has 2 rings (SSSR count). The quantitative estimate of drug-likeness (QED) is 0.713. The molecule has 2 aliphatic rings. The number of amides is 1. The summed E-state index contributed by atoms with van der Waals surface area (Å²) >= 11 is 0. The Hall–Kier alpha value is -0.570. The van der Waals surface area contributed by atoms with Gasteiger partial charge in [0, 0.05) is 12.6 Å². The van der Waals surface area contributed by atoms with Crippen LogP contribution in [0.25, 0.3) is 0 Å². The molecule has 3 heteroatoms. The molecule has 2 atom stereocenters. The number of hydrogen-bond acceptors (Lipinski definition) is 2. The number of rotatable bonds is 1. The summed E-state index contributed by atoms with van der Waals surface area (Å²) in [7, 11) is 0. The summed E-state index contributed by atoms with van der Waals surface area (Å²) in [6, 6.07) is 0.368. The minimum atomic E-state index is -0.509. The first-order valence-corrected chi connectivity index (χ1v) is 6.14. The summed E-state index contributed by atoms with van der Waals surface area (Å²) in [6.07, 6.45) is 5.24. The standard InChI is InChI=1S/C12H22N2O/c1-9-5-3-8-14(10(9)2)11(15)12(13)6-4-7-12/h9-10H,3-8,13H2,1-2H3. The van der Waals surface area contributed by atoms with Crippen molar-refractivity contribution in [1.82, 2.24) is 4.90 Å². The van der Waals surface area contributed by atoms with Crippen LogP contribution in [0.3, 0.4) is 0 Å². The van der Waals surface area contributed by atoms with Gasteiger partial charge in [-0.05, 0) is 44.9 Å². The van der Waals surface area contributed by atoms with Gasteiger partial charge >= 0.3 is 0 Å². The van der Waals surface area contributed by atoms with Crippen LogP contribution in [-0.4, -0.2) is 28.9 Å². The molecular formula is C12H22N2O. The summed E-state index contributed by atoms with van der Waals surface area (Å²) in [5.74, 6) is 0.819. The molecule has 0 radical (unpaired) electrons. The second-order valence-corrected chi connectivity index (χ2v) is 5.37. The minimum Gasteiger partial charge on any atom is -0.338 e. The first-order chi connectivity index (χ1) is 7.04. The fourth-order valence-corrected chi connectivity index (χ4v) is 2.68. The van der Waals surface area contributed by atoms with E-state index in [0.29, 0.717) is 12.0 Å². The third kappa shape index (κ3) is 1.78. The predicted molar refractivity (Wildman–Crippen MR) is 60.3 cm³/mol. The Labute approximate surface area is 92.0 Å². The van der Waals surface area contributed by atoms with Crippen LogP contribution >= 0.6 is 0 Å². The third-order valence-corrected chi connectivity index (χ3v) is 4.31. The first kappa shape index (κ1) is 10.9. The molecule has 3 nitrogen and oxygen atoms in total. The maximum absolute atomic E-state index is 12.3. The zero-order valence-corrected chi connectivity index (χ0v) is 9.83. The van der Waals surface area contributed by atoms with Crippen LogP contribution in [0.4, 0.5) is 0 Å². The lowest BCUT2D eigenvalue weighted by molar-refractivity contribution is -0.144. The fourth-order valence-electron chi connectivity index (χ4n) is 2.68. The Kier molecular flexibility index (Phi) is 2.75. The monoisotopic (exact) mass is 210 g/mol. The number of nitrogens with two attached hydrogens (primary N) is 1. The van der Waals surface area contributed by atoms with Crippen molar-refractivity contribution < 1.29 is 4.79 Å². The molecular weight excluding hydrogens is 188 g/mol. The molecule has 1 aliphatic carbocycles. The number of carbonyl (C=O) groups is 1. The van der Waals surface area contributed by atoms with Crippen molar-refractivity contribution >= 4 is 5.91 Å². The zero-order chi connectivity index (χ0) is 11.1. The van der Waals surface area contributed by atoms with E-state index < -0.39 is 5.54 Å². The van der Waals surface area contributed by atoms with Crippen molar-refractivity contribution in [2.24, 2.45) is 11.7 Å². The summed E-state index contributed by atoms with van der Waals surface area (Å²) in [5.41, 5.74) is 5.59. The highest BCUT2D eigenvalue weighted by Gasteiger charge is 2.44. The van der Waals surface area contributed by atoms with Crippen molar-refractivity contribution in [2.75, 3.05) is 6.54 Å². The van der Waals surface area contributed by atoms with Crippen LogP contribution in [-0.2, 0) is 4.79 Å². The van der Waals surface area contributed by atoms with Crippen LogP contribution in [0.15, 0.2) is 0 Å².